The Labute approximate surface area is 109 Å². The maximum atomic E-state index is 11.3. The van der Waals surface area contributed by atoms with Gasteiger partial charge in [-0.1, -0.05) is 12.1 Å². The van der Waals surface area contributed by atoms with E-state index in [1.54, 1.807) is 12.5 Å². The van der Waals surface area contributed by atoms with Crippen molar-refractivity contribution < 1.29 is 14.3 Å². The molecule has 2 rings (SSSR count). The van der Waals surface area contributed by atoms with Crippen LogP contribution in [0, 0.1) is 0 Å². The third-order valence-electron chi connectivity index (χ3n) is 2.44. The molecule has 18 heavy (non-hydrogen) atoms. The molecule has 0 fully saturated rings. The molecule has 0 N–H and O–H groups in total. The predicted octanol–water partition coefficient (Wildman–Crippen LogP) is 2.53. The quantitative estimate of drug-likeness (QED) is 0.795. The third kappa shape index (κ3) is 2.87. The highest BCUT2D eigenvalue weighted by Gasteiger charge is 2.10. The van der Waals surface area contributed by atoms with E-state index in [0.29, 0.717) is 12.1 Å². The van der Waals surface area contributed by atoms with Gasteiger partial charge in [-0.25, -0.2) is 9.78 Å². The first kappa shape index (κ1) is 12.6. The lowest BCUT2D eigenvalue weighted by atomic mass is 10.1. The van der Waals surface area contributed by atoms with E-state index in [0.717, 1.165) is 16.3 Å². The molecular weight excluding hydrogens is 250 g/mol. The van der Waals surface area contributed by atoms with Gasteiger partial charge in [-0.15, -0.1) is 11.3 Å². The van der Waals surface area contributed by atoms with Crippen molar-refractivity contribution >= 4 is 17.3 Å². The first-order chi connectivity index (χ1) is 8.72. The third-order valence-corrected chi connectivity index (χ3v) is 3.28. The van der Waals surface area contributed by atoms with Crippen LogP contribution in [0.3, 0.4) is 0 Å². The number of aromatic nitrogens is 1. The second kappa shape index (κ2) is 5.64. The number of hydrogen-bond donors (Lipinski definition) is 0. The van der Waals surface area contributed by atoms with Crippen LogP contribution in [-0.4, -0.2) is 25.2 Å². The maximum absolute atomic E-state index is 11.3. The van der Waals surface area contributed by atoms with Crippen LogP contribution in [0.4, 0.5) is 0 Å². The molecule has 2 aromatic rings. The fourth-order valence-corrected chi connectivity index (χ4v) is 2.35. The molecule has 1 aromatic heterocycles. The molecule has 0 aliphatic carbocycles. The topological polar surface area (TPSA) is 48.4 Å². The van der Waals surface area contributed by atoms with Gasteiger partial charge in [0.25, 0.3) is 0 Å². The van der Waals surface area contributed by atoms with E-state index >= 15 is 0 Å². The lowest BCUT2D eigenvalue weighted by Crippen LogP contribution is -2.01. The normalized spacial score (nSPS) is 10.1. The number of benzene rings is 1. The Morgan fingerprint density at radius 1 is 1.39 bits per heavy atom. The van der Waals surface area contributed by atoms with E-state index in [9.17, 15) is 4.79 Å². The van der Waals surface area contributed by atoms with Crippen LogP contribution in [0.1, 0.15) is 21.1 Å². The van der Waals surface area contributed by atoms with Gasteiger partial charge in [-0.3, -0.25) is 0 Å². The summed E-state index contributed by atoms with van der Waals surface area (Å²) in [5.41, 5.74) is 1.46. The number of hydrogen-bond acceptors (Lipinski definition) is 5. The summed E-state index contributed by atoms with van der Waals surface area (Å²) in [5, 5.41) is 2.59. The lowest BCUT2D eigenvalue weighted by molar-refractivity contribution is 0.0594. The van der Waals surface area contributed by atoms with Crippen molar-refractivity contribution in [3.8, 4) is 5.75 Å². The lowest BCUT2D eigenvalue weighted by Gasteiger charge is -2.02. The summed E-state index contributed by atoms with van der Waals surface area (Å²) in [6.07, 6.45) is 0.679. The van der Waals surface area contributed by atoms with Gasteiger partial charge in [0.15, 0.2) is 5.69 Å². The molecule has 0 aliphatic heterocycles. The highest BCUT2D eigenvalue weighted by molar-refractivity contribution is 7.09. The fraction of sp³-hybridized carbons (Fsp3) is 0.231. The molecule has 4 nitrogen and oxygen atoms in total. The van der Waals surface area contributed by atoms with Crippen molar-refractivity contribution in [3.63, 3.8) is 0 Å². The van der Waals surface area contributed by atoms with Gasteiger partial charge < -0.3 is 9.47 Å². The fourth-order valence-electron chi connectivity index (χ4n) is 1.55. The molecule has 0 unspecified atom stereocenters. The first-order valence-electron chi connectivity index (χ1n) is 5.38. The molecule has 0 saturated carbocycles. The van der Waals surface area contributed by atoms with E-state index in [-0.39, 0.29) is 0 Å². The number of ether oxygens (including phenoxy) is 2. The number of carbonyl (C=O) groups is 1. The zero-order valence-electron chi connectivity index (χ0n) is 10.2. The van der Waals surface area contributed by atoms with E-state index in [4.69, 9.17) is 4.74 Å². The van der Waals surface area contributed by atoms with E-state index in [1.165, 1.54) is 18.4 Å². The molecule has 1 aromatic carbocycles. The Morgan fingerprint density at radius 3 is 2.94 bits per heavy atom. The van der Waals surface area contributed by atoms with Crippen LogP contribution >= 0.6 is 11.3 Å². The predicted molar refractivity (Wildman–Crippen MR) is 69.3 cm³/mol. The number of rotatable bonds is 4. The molecule has 1 heterocycles. The van der Waals surface area contributed by atoms with E-state index < -0.39 is 5.97 Å². The Bertz CT molecular complexity index is 551. The molecule has 0 spiro atoms. The smallest absolute Gasteiger partial charge is 0.357 e. The molecule has 94 valence electrons. The zero-order valence-corrected chi connectivity index (χ0v) is 11.0. The van der Waals surface area contributed by atoms with E-state index in [1.807, 2.05) is 24.3 Å². The summed E-state index contributed by atoms with van der Waals surface area (Å²) in [7, 11) is 2.99. The van der Waals surface area contributed by atoms with Crippen LogP contribution in [0.15, 0.2) is 29.6 Å². The Morgan fingerprint density at radius 2 is 2.22 bits per heavy atom. The highest BCUT2D eigenvalue weighted by Crippen LogP contribution is 2.18. The minimum Gasteiger partial charge on any atom is -0.497 e. The summed E-state index contributed by atoms with van der Waals surface area (Å²) < 4.78 is 9.78. The van der Waals surface area contributed by atoms with Crippen LogP contribution < -0.4 is 4.74 Å². The second-order valence-electron chi connectivity index (χ2n) is 3.65. The molecule has 0 saturated heterocycles. The van der Waals surface area contributed by atoms with Crippen molar-refractivity contribution in [1.29, 1.82) is 0 Å². The minimum absolute atomic E-state index is 0.361. The van der Waals surface area contributed by atoms with Gasteiger partial charge in [0.2, 0.25) is 0 Å². The Hall–Kier alpha value is -1.88. The Balaban J connectivity index is 2.13. The van der Waals surface area contributed by atoms with Crippen molar-refractivity contribution in [2.24, 2.45) is 0 Å². The average Bonchev–Trinajstić information content (AvgIpc) is 2.86. The van der Waals surface area contributed by atoms with Crippen molar-refractivity contribution in [2.75, 3.05) is 14.2 Å². The summed E-state index contributed by atoms with van der Waals surface area (Å²) in [5.74, 6) is 0.417. The van der Waals surface area contributed by atoms with Crippen LogP contribution in [-0.2, 0) is 11.2 Å². The molecule has 0 radical (unpaired) electrons. The standard InChI is InChI=1S/C13H13NO3S/c1-16-10-5-3-4-9(6-10)7-12-14-11(8-18-12)13(15)17-2/h3-6,8H,7H2,1-2H3. The molecular formula is C13H13NO3S. The first-order valence-corrected chi connectivity index (χ1v) is 6.26. The van der Waals surface area contributed by atoms with Crippen molar-refractivity contribution in [1.82, 2.24) is 4.98 Å². The number of methoxy groups -OCH3 is 2. The number of nitrogens with zero attached hydrogens (tertiary/aromatic N) is 1. The largest absolute Gasteiger partial charge is 0.497 e. The van der Waals surface area contributed by atoms with E-state index in [2.05, 4.69) is 9.72 Å². The summed E-state index contributed by atoms with van der Waals surface area (Å²) >= 11 is 1.45. The molecule has 0 amide bonds. The molecule has 0 bridgehead atoms. The van der Waals surface area contributed by atoms with Crippen LogP contribution in [0.25, 0.3) is 0 Å². The van der Waals surface area contributed by atoms with Gasteiger partial charge in [0.1, 0.15) is 5.75 Å². The second-order valence-corrected chi connectivity index (χ2v) is 4.59. The monoisotopic (exact) mass is 263 g/mol. The van der Waals surface area contributed by atoms with Gasteiger partial charge in [0.05, 0.1) is 19.2 Å². The number of thiazole rings is 1. The average molecular weight is 263 g/mol. The Kier molecular flexibility index (Phi) is 3.94. The minimum atomic E-state index is -0.400. The SMILES string of the molecule is COC(=O)c1csc(Cc2cccc(OC)c2)n1. The zero-order chi connectivity index (χ0) is 13.0. The van der Waals surface area contributed by atoms with Crippen molar-refractivity contribution in [2.45, 2.75) is 6.42 Å². The van der Waals surface area contributed by atoms with Gasteiger partial charge in [-0.2, -0.15) is 0 Å². The van der Waals surface area contributed by atoms with Gasteiger partial charge in [-0.05, 0) is 17.7 Å². The molecule has 0 atom stereocenters. The summed E-state index contributed by atoms with van der Waals surface area (Å²) in [6, 6.07) is 7.79. The van der Waals surface area contributed by atoms with Crippen LogP contribution in [0.5, 0.6) is 5.75 Å². The molecule has 0 aliphatic rings. The van der Waals surface area contributed by atoms with Crippen molar-refractivity contribution in [3.05, 3.63) is 45.9 Å². The maximum Gasteiger partial charge on any atom is 0.357 e. The number of carbonyl (C=O) groups excluding carboxylic acids is 1. The molecule has 5 heteroatoms. The highest BCUT2D eigenvalue weighted by atomic mass is 32.1. The summed E-state index contributed by atoms with van der Waals surface area (Å²) in [6.45, 7) is 0. The number of esters is 1. The van der Waals surface area contributed by atoms with Gasteiger partial charge >= 0.3 is 5.97 Å². The summed E-state index contributed by atoms with van der Waals surface area (Å²) in [4.78, 5) is 15.5. The van der Waals surface area contributed by atoms with Gasteiger partial charge in [0, 0.05) is 11.8 Å². The van der Waals surface area contributed by atoms with Crippen LogP contribution in [0.2, 0.25) is 0 Å².